The molecule has 0 fully saturated rings. The zero-order valence-electron chi connectivity index (χ0n) is 10.4. The fraction of sp³-hybridized carbons (Fsp3) is 0.286. The Labute approximate surface area is 143 Å². The van der Waals surface area contributed by atoms with Gasteiger partial charge in [0.1, 0.15) is 6.54 Å². The second-order valence-corrected chi connectivity index (χ2v) is 3.97. The Balaban J connectivity index is 0.00000144. The van der Waals surface area contributed by atoms with Crippen molar-refractivity contribution in [3.8, 4) is 11.1 Å². The van der Waals surface area contributed by atoms with Gasteiger partial charge in [-0.1, -0.05) is 13.3 Å². The molecule has 0 radical (unpaired) electrons. The normalized spacial score (nSPS) is 9.17. The fourth-order valence-corrected chi connectivity index (χ4v) is 1.72. The van der Waals surface area contributed by atoms with E-state index in [0.717, 1.165) is 6.54 Å². The number of pyridine rings is 2. The lowest BCUT2D eigenvalue weighted by Gasteiger charge is -1.99. The van der Waals surface area contributed by atoms with Crippen molar-refractivity contribution >= 4 is 0 Å². The summed E-state index contributed by atoms with van der Waals surface area (Å²) in [5.41, 5.74) is 2.52. The predicted molar refractivity (Wildman–Crippen MR) is 63.5 cm³/mol. The molecule has 0 aromatic carbocycles. The minimum atomic E-state index is 0. The van der Waals surface area contributed by atoms with Crippen molar-refractivity contribution in [2.75, 3.05) is 0 Å². The van der Waals surface area contributed by atoms with Crippen molar-refractivity contribution in [1.82, 2.24) is 0 Å². The lowest BCUT2D eigenvalue weighted by Crippen LogP contribution is -3.00. The van der Waals surface area contributed by atoms with Crippen molar-refractivity contribution in [3.05, 3.63) is 49.1 Å². The van der Waals surface area contributed by atoms with E-state index in [9.17, 15) is 0 Å². The molecule has 0 unspecified atom stereocenters. The molecule has 0 aliphatic heterocycles. The SMILES string of the molecule is CCCC[n+]1ccc(-c2cc[nH+]cc2)cc1.[I-].[I-]. The second kappa shape index (κ2) is 9.66. The fourth-order valence-electron chi connectivity index (χ4n) is 1.72. The molecule has 4 heteroatoms. The van der Waals surface area contributed by atoms with Gasteiger partial charge in [-0.3, -0.25) is 0 Å². The van der Waals surface area contributed by atoms with E-state index in [-0.39, 0.29) is 48.0 Å². The third kappa shape index (κ3) is 5.17. The molecular formula is C14H18I2N2. The number of rotatable bonds is 4. The number of aryl methyl sites for hydroxylation is 1. The average Bonchev–Trinajstić information content (AvgIpc) is 2.38. The van der Waals surface area contributed by atoms with Crippen LogP contribution in [0.3, 0.4) is 0 Å². The summed E-state index contributed by atoms with van der Waals surface area (Å²) in [6.07, 6.45) is 10.7. The van der Waals surface area contributed by atoms with Gasteiger partial charge in [-0.15, -0.1) is 0 Å². The van der Waals surface area contributed by atoms with Crippen LogP contribution in [0.1, 0.15) is 19.8 Å². The highest BCUT2D eigenvalue weighted by molar-refractivity contribution is 5.60. The van der Waals surface area contributed by atoms with Crippen molar-refractivity contribution in [2.45, 2.75) is 26.3 Å². The summed E-state index contributed by atoms with van der Waals surface area (Å²) in [7, 11) is 0. The lowest BCUT2D eigenvalue weighted by molar-refractivity contribution is -0.697. The molecule has 98 valence electrons. The Morgan fingerprint density at radius 3 is 2.06 bits per heavy atom. The Hall–Kier alpha value is -0.240. The number of aromatic nitrogens is 2. The molecule has 0 saturated carbocycles. The van der Waals surface area contributed by atoms with Gasteiger partial charge in [0.25, 0.3) is 0 Å². The van der Waals surface area contributed by atoms with Crippen LogP contribution >= 0.6 is 0 Å². The summed E-state index contributed by atoms with van der Waals surface area (Å²) in [4.78, 5) is 3.04. The van der Waals surface area contributed by atoms with Crippen LogP contribution in [0.5, 0.6) is 0 Å². The molecule has 0 aliphatic rings. The van der Waals surface area contributed by atoms with E-state index >= 15 is 0 Å². The molecule has 0 amide bonds. The molecule has 0 aliphatic carbocycles. The van der Waals surface area contributed by atoms with Crippen molar-refractivity contribution in [3.63, 3.8) is 0 Å². The maximum absolute atomic E-state index is 3.04. The summed E-state index contributed by atoms with van der Waals surface area (Å²) in [5.74, 6) is 0. The number of hydrogen-bond acceptors (Lipinski definition) is 0. The number of aromatic amines is 1. The minimum Gasteiger partial charge on any atom is -1.00 e. The van der Waals surface area contributed by atoms with Crippen LogP contribution in [0, 0.1) is 0 Å². The maximum Gasteiger partial charge on any atom is 0.169 e. The molecule has 1 N–H and O–H groups in total. The molecule has 2 aromatic rings. The van der Waals surface area contributed by atoms with E-state index in [0.29, 0.717) is 0 Å². The zero-order chi connectivity index (χ0) is 11.2. The van der Waals surface area contributed by atoms with E-state index < -0.39 is 0 Å². The van der Waals surface area contributed by atoms with Crippen LogP contribution in [-0.2, 0) is 6.54 Å². The van der Waals surface area contributed by atoms with Crippen LogP contribution in [-0.4, -0.2) is 0 Å². The van der Waals surface area contributed by atoms with E-state index in [1.807, 2.05) is 12.4 Å². The average molecular weight is 468 g/mol. The molecule has 18 heavy (non-hydrogen) atoms. The van der Waals surface area contributed by atoms with Crippen molar-refractivity contribution < 1.29 is 57.5 Å². The molecule has 2 aromatic heterocycles. The number of nitrogens with one attached hydrogen (secondary N) is 1. The van der Waals surface area contributed by atoms with E-state index in [4.69, 9.17) is 0 Å². The number of hydrogen-bond donors (Lipinski definition) is 0. The van der Waals surface area contributed by atoms with Gasteiger partial charge in [0.15, 0.2) is 24.8 Å². The van der Waals surface area contributed by atoms with Gasteiger partial charge in [0.05, 0.1) is 0 Å². The molecule has 0 spiro atoms. The van der Waals surface area contributed by atoms with Crippen molar-refractivity contribution in [1.29, 1.82) is 0 Å². The summed E-state index contributed by atoms with van der Waals surface area (Å²) >= 11 is 0. The largest absolute Gasteiger partial charge is 1.00 e. The second-order valence-electron chi connectivity index (χ2n) is 3.97. The van der Waals surface area contributed by atoms with Gasteiger partial charge >= 0.3 is 0 Å². The first kappa shape index (κ1) is 17.8. The number of H-pyrrole nitrogens is 1. The number of nitrogens with zero attached hydrogens (tertiary/aromatic N) is 1. The molecular weight excluding hydrogens is 450 g/mol. The quantitative estimate of drug-likeness (QED) is 0.325. The summed E-state index contributed by atoms with van der Waals surface area (Å²) < 4.78 is 2.24. The van der Waals surface area contributed by atoms with Gasteiger partial charge in [0, 0.05) is 30.7 Å². The third-order valence-electron chi connectivity index (χ3n) is 2.71. The van der Waals surface area contributed by atoms with E-state index in [2.05, 4.69) is 53.1 Å². The standard InChI is InChI=1S/C14H17N2.2HI/c1-2-3-10-16-11-6-14(7-12-16)13-4-8-15-9-5-13;;/h4-9,11-12H,2-3,10H2,1H3;2*1H/q+1;;/p-1. The van der Waals surface area contributed by atoms with Crippen molar-refractivity contribution in [2.24, 2.45) is 0 Å². The zero-order valence-corrected chi connectivity index (χ0v) is 14.8. The first-order valence-corrected chi connectivity index (χ1v) is 5.86. The highest BCUT2D eigenvalue weighted by Gasteiger charge is 2.02. The Bertz CT molecular complexity index is 429. The first-order valence-electron chi connectivity index (χ1n) is 5.86. The van der Waals surface area contributed by atoms with Crippen LogP contribution in [0.4, 0.5) is 0 Å². The maximum atomic E-state index is 3.04. The molecule has 0 atom stereocenters. The minimum absolute atomic E-state index is 0. The van der Waals surface area contributed by atoms with Gasteiger partial charge < -0.3 is 48.0 Å². The lowest BCUT2D eigenvalue weighted by atomic mass is 10.1. The van der Waals surface area contributed by atoms with Gasteiger partial charge in [0.2, 0.25) is 0 Å². The highest BCUT2D eigenvalue weighted by atomic mass is 127. The Kier molecular flexibility index (Phi) is 9.53. The van der Waals surface area contributed by atoms with Gasteiger partial charge in [-0.25, -0.2) is 9.55 Å². The molecule has 2 heterocycles. The highest BCUT2D eigenvalue weighted by Crippen LogP contribution is 2.14. The molecule has 2 rings (SSSR count). The summed E-state index contributed by atoms with van der Waals surface area (Å²) in [6, 6.07) is 8.52. The van der Waals surface area contributed by atoms with Crippen LogP contribution in [0.15, 0.2) is 49.1 Å². The molecule has 2 nitrogen and oxygen atoms in total. The van der Waals surface area contributed by atoms with E-state index in [1.165, 1.54) is 24.0 Å². The number of unbranched alkanes of at least 4 members (excludes halogenated alkanes) is 1. The van der Waals surface area contributed by atoms with Crippen LogP contribution < -0.4 is 57.5 Å². The Morgan fingerprint density at radius 1 is 0.944 bits per heavy atom. The van der Waals surface area contributed by atoms with Gasteiger partial charge in [-0.2, -0.15) is 0 Å². The monoisotopic (exact) mass is 468 g/mol. The topological polar surface area (TPSA) is 18.0 Å². The molecule has 0 saturated heterocycles. The molecule has 0 bridgehead atoms. The van der Waals surface area contributed by atoms with E-state index in [1.54, 1.807) is 0 Å². The Morgan fingerprint density at radius 2 is 1.50 bits per heavy atom. The van der Waals surface area contributed by atoms with Crippen LogP contribution in [0.2, 0.25) is 0 Å². The first-order chi connectivity index (χ1) is 7.90. The van der Waals surface area contributed by atoms with Crippen LogP contribution in [0.25, 0.3) is 11.1 Å². The summed E-state index contributed by atoms with van der Waals surface area (Å²) in [6.45, 7) is 3.33. The van der Waals surface area contributed by atoms with Gasteiger partial charge in [-0.05, 0) is 11.1 Å². The third-order valence-corrected chi connectivity index (χ3v) is 2.71. The smallest absolute Gasteiger partial charge is 0.169 e. The summed E-state index contributed by atoms with van der Waals surface area (Å²) in [5, 5.41) is 0. The predicted octanol–water partition coefficient (Wildman–Crippen LogP) is -3.74. The number of halogens is 2.